The standard InChI is InChI=1S/C19H31N3O.HI/c1-4-20-19(22-17-9-11-18(23)12-10-17)21-13-15(3)16-7-5-14(2)6-8-16;/h5-8,15,17-18,23H,4,9-13H2,1-3H3,(H2,20,21,22);1H. The Morgan fingerprint density at radius 1 is 1.21 bits per heavy atom. The number of aliphatic hydroxyl groups is 1. The van der Waals surface area contributed by atoms with Gasteiger partial charge in [0.2, 0.25) is 0 Å². The second kappa shape index (κ2) is 10.9. The van der Waals surface area contributed by atoms with Crippen molar-refractivity contribution in [1.82, 2.24) is 10.6 Å². The van der Waals surface area contributed by atoms with Crippen molar-refractivity contribution in [2.75, 3.05) is 13.1 Å². The fourth-order valence-corrected chi connectivity index (χ4v) is 2.96. The van der Waals surface area contributed by atoms with Gasteiger partial charge >= 0.3 is 0 Å². The van der Waals surface area contributed by atoms with Crippen LogP contribution in [-0.2, 0) is 0 Å². The van der Waals surface area contributed by atoms with E-state index < -0.39 is 0 Å². The van der Waals surface area contributed by atoms with Crippen LogP contribution in [0.3, 0.4) is 0 Å². The van der Waals surface area contributed by atoms with E-state index in [9.17, 15) is 5.11 Å². The summed E-state index contributed by atoms with van der Waals surface area (Å²) < 4.78 is 0. The predicted octanol–water partition coefficient (Wildman–Crippen LogP) is 3.58. The highest BCUT2D eigenvalue weighted by Crippen LogP contribution is 2.19. The van der Waals surface area contributed by atoms with Gasteiger partial charge in [0.25, 0.3) is 0 Å². The molecule has 0 spiro atoms. The lowest BCUT2D eigenvalue weighted by Gasteiger charge is -2.27. The monoisotopic (exact) mass is 445 g/mol. The quantitative estimate of drug-likeness (QED) is 0.369. The minimum atomic E-state index is -0.117. The summed E-state index contributed by atoms with van der Waals surface area (Å²) in [6.45, 7) is 8.05. The highest BCUT2D eigenvalue weighted by atomic mass is 127. The summed E-state index contributed by atoms with van der Waals surface area (Å²) in [7, 11) is 0. The number of aliphatic hydroxyl groups excluding tert-OH is 1. The van der Waals surface area contributed by atoms with Crippen LogP contribution in [0, 0.1) is 6.92 Å². The summed E-state index contributed by atoms with van der Waals surface area (Å²) in [5.41, 5.74) is 2.62. The molecule has 1 unspecified atom stereocenters. The smallest absolute Gasteiger partial charge is 0.191 e. The highest BCUT2D eigenvalue weighted by Gasteiger charge is 2.20. The van der Waals surface area contributed by atoms with Gasteiger partial charge in [0, 0.05) is 25.0 Å². The Morgan fingerprint density at radius 3 is 2.42 bits per heavy atom. The van der Waals surface area contributed by atoms with Gasteiger partial charge in [-0.05, 0) is 45.1 Å². The van der Waals surface area contributed by atoms with E-state index in [4.69, 9.17) is 4.99 Å². The molecule has 4 nitrogen and oxygen atoms in total. The second-order valence-corrected chi connectivity index (χ2v) is 6.68. The number of aliphatic imine (C=N–C) groups is 1. The topological polar surface area (TPSA) is 56.7 Å². The molecule has 1 aliphatic rings. The molecule has 1 saturated carbocycles. The van der Waals surface area contributed by atoms with Gasteiger partial charge in [-0.1, -0.05) is 36.8 Å². The van der Waals surface area contributed by atoms with Crippen molar-refractivity contribution >= 4 is 29.9 Å². The van der Waals surface area contributed by atoms with Gasteiger partial charge in [-0.25, -0.2) is 0 Å². The lowest BCUT2D eigenvalue weighted by Crippen LogP contribution is -2.45. The fraction of sp³-hybridized carbons (Fsp3) is 0.632. The summed E-state index contributed by atoms with van der Waals surface area (Å²) >= 11 is 0. The van der Waals surface area contributed by atoms with Crippen LogP contribution in [0.15, 0.2) is 29.3 Å². The average molecular weight is 445 g/mol. The van der Waals surface area contributed by atoms with Crippen LogP contribution in [0.1, 0.15) is 56.6 Å². The molecule has 2 rings (SSSR count). The Balaban J connectivity index is 0.00000288. The molecule has 0 bridgehead atoms. The van der Waals surface area contributed by atoms with Crippen molar-refractivity contribution in [2.45, 2.75) is 64.5 Å². The van der Waals surface area contributed by atoms with E-state index in [1.165, 1.54) is 11.1 Å². The number of benzene rings is 1. The van der Waals surface area contributed by atoms with Crippen molar-refractivity contribution in [3.63, 3.8) is 0 Å². The fourth-order valence-electron chi connectivity index (χ4n) is 2.96. The summed E-state index contributed by atoms with van der Waals surface area (Å²) in [4.78, 5) is 4.76. The van der Waals surface area contributed by atoms with Crippen LogP contribution in [0.25, 0.3) is 0 Å². The largest absolute Gasteiger partial charge is 0.393 e. The molecule has 0 aliphatic heterocycles. The second-order valence-electron chi connectivity index (χ2n) is 6.68. The molecule has 0 amide bonds. The SMILES string of the molecule is CCNC(=NCC(C)c1ccc(C)cc1)NC1CCC(O)CC1.I. The lowest BCUT2D eigenvalue weighted by atomic mass is 9.93. The van der Waals surface area contributed by atoms with Crippen molar-refractivity contribution in [1.29, 1.82) is 0 Å². The Morgan fingerprint density at radius 2 is 1.83 bits per heavy atom. The first kappa shape index (κ1) is 21.2. The molecule has 5 heteroatoms. The third-order valence-corrected chi connectivity index (χ3v) is 4.55. The average Bonchev–Trinajstić information content (AvgIpc) is 2.55. The number of nitrogens with zero attached hydrogens (tertiary/aromatic N) is 1. The third kappa shape index (κ3) is 6.97. The van der Waals surface area contributed by atoms with Gasteiger partial charge in [0.05, 0.1) is 6.10 Å². The predicted molar refractivity (Wildman–Crippen MR) is 112 cm³/mol. The zero-order valence-corrected chi connectivity index (χ0v) is 17.4. The van der Waals surface area contributed by atoms with Crippen molar-refractivity contribution < 1.29 is 5.11 Å². The number of guanidine groups is 1. The van der Waals surface area contributed by atoms with E-state index in [1.54, 1.807) is 0 Å². The molecule has 0 saturated heterocycles. The molecule has 0 radical (unpaired) electrons. The maximum atomic E-state index is 9.61. The maximum Gasteiger partial charge on any atom is 0.191 e. The van der Waals surface area contributed by atoms with Gasteiger partial charge < -0.3 is 15.7 Å². The van der Waals surface area contributed by atoms with Gasteiger partial charge in [-0.2, -0.15) is 0 Å². The Kier molecular flexibility index (Phi) is 9.66. The van der Waals surface area contributed by atoms with Crippen LogP contribution in [0.2, 0.25) is 0 Å². The van der Waals surface area contributed by atoms with Gasteiger partial charge in [-0.15, -0.1) is 24.0 Å². The van der Waals surface area contributed by atoms with E-state index >= 15 is 0 Å². The van der Waals surface area contributed by atoms with E-state index in [-0.39, 0.29) is 30.1 Å². The molecule has 0 aromatic heterocycles. The van der Waals surface area contributed by atoms with Crippen molar-refractivity contribution in [3.8, 4) is 0 Å². The zero-order chi connectivity index (χ0) is 16.7. The summed E-state index contributed by atoms with van der Waals surface area (Å²) in [6, 6.07) is 9.13. The van der Waals surface area contributed by atoms with Crippen molar-refractivity contribution in [3.05, 3.63) is 35.4 Å². The van der Waals surface area contributed by atoms with E-state index in [2.05, 4.69) is 55.7 Å². The Bertz CT molecular complexity index is 496. The Hall–Kier alpha value is -0.820. The summed E-state index contributed by atoms with van der Waals surface area (Å²) in [6.07, 6.45) is 3.68. The molecular formula is C19H32IN3O. The number of hydrogen-bond acceptors (Lipinski definition) is 2. The first-order valence-electron chi connectivity index (χ1n) is 8.88. The molecule has 136 valence electrons. The minimum Gasteiger partial charge on any atom is -0.393 e. The van der Waals surface area contributed by atoms with E-state index in [0.717, 1.165) is 44.7 Å². The van der Waals surface area contributed by atoms with Crippen LogP contribution >= 0.6 is 24.0 Å². The molecule has 3 N–H and O–H groups in total. The number of nitrogens with one attached hydrogen (secondary N) is 2. The molecule has 1 fully saturated rings. The molecule has 1 atom stereocenters. The minimum absolute atomic E-state index is 0. The van der Waals surface area contributed by atoms with Gasteiger partial charge in [0.15, 0.2) is 5.96 Å². The first-order valence-corrected chi connectivity index (χ1v) is 8.88. The van der Waals surface area contributed by atoms with Crippen LogP contribution in [-0.4, -0.2) is 36.3 Å². The number of rotatable bonds is 5. The first-order chi connectivity index (χ1) is 11.1. The third-order valence-electron chi connectivity index (χ3n) is 4.55. The number of halogens is 1. The van der Waals surface area contributed by atoms with Crippen LogP contribution in [0.4, 0.5) is 0 Å². The van der Waals surface area contributed by atoms with Crippen LogP contribution in [0.5, 0.6) is 0 Å². The van der Waals surface area contributed by atoms with E-state index in [0.29, 0.717) is 12.0 Å². The molecular weight excluding hydrogens is 413 g/mol. The zero-order valence-electron chi connectivity index (χ0n) is 15.1. The normalized spacial score (nSPS) is 22.4. The molecule has 1 aromatic rings. The lowest BCUT2D eigenvalue weighted by molar-refractivity contribution is 0.120. The number of aryl methyl sites for hydroxylation is 1. The summed E-state index contributed by atoms with van der Waals surface area (Å²) in [5.74, 6) is 1.30. The van der Waals surface area contributed by atoms with Gasteiger partial charge in [-0.3, -0.25) is 4.99 Å². The van der Waals surface area contributed by atoms with Crippen molar-refractivity contribution in [2.24, 2.45) is 4.99 Å². The number of hydrogen-bond donors (Lipinski definition) is 3. The van der Waals surface area contributed by atoms with E-state index in [1.807, 2.05) is 0 Å². The Labute approximate surface area is 163 Å². The molecule has 1 aromatic carbocycles. The summed E-state index contributed by atoms with van der Waals surface area (Å²) in [5, 5.41) is 16.5. The molecule has 0 heterocycles. The molecule has 1 aliphatic carbocycles. The molecule has 24 heavy (non-hydrogen) atoms. The maximum absolute atomic E-state index is 9.61. The van der Waals surface area contributed by atoms with Crippen LogP contribution < -0.4 is 10.6 Å². The van der Waals surface area contributed by atoms with Gasteiger partial charge in [0.1, 0.15) is 0 Å². The highest BCUT2D eigenvalue weighted by molar-refractivity contribution is 14.0.